The van der Waals surface area contributed by atoms with Crippen molar-refractivity contribution in [3.63, 3.8) is 0 Å². The second-order valence-corrected chi connectivity index (χ2v) is 9.05. The van der Waals surface area contributed by atoms with Crippen LogP contribution in [0.2, 0.25) is 0 Å². The Morgan fingerprint density at radius 2 is 1.92 bits per heavy atom. The van der Waals surface area contributed by atoms with Crippen molar-refractivity contribution in [2.75, 3.05) is 32.4 Å². The number of carbonyl (C=O) groups is 2. The fourth-order valence-corrected chi connectivity index (χ4v) is 5.26. The Hall–Kier alpha value is -1.41. The number of piperidine rings is 1. The van der Waals surface area contributed by atoms with Crippen molar-refractivity contribution in [2.24, 2.45) is 5.92 Å². The number of fused-ring (bicyclic) bond motifs is 1. The van der Waals surface area contributed by atoms with E-state index in [2.05, 4.69) is 4.90 Å². The molecule has 3 heterocycles. The number of carbonyl (C=O) groups excluding carboxylic acids is 2. The van der Waals surface area contributed by atoms with Crippen LogP contribution in [0, 0.1) is 5.92 Å². The second kappa shape index (κ2) is 7.07. The van der Waals surface area contributed by atoms with Gasteiger partial charge in [0.1, 0.15) is 0 Å². The largest absolute Gasteiger partial charge is 0.328 e. The van der Waals surface area contributed by atoms with Crippen LogP contribution < -0.4 is 0 Å². The molecule has 0 bridgehead atoms. The minimum Gasteiger partial charge on any atom is -0.328 e. The summed E-state index contributed by atoms with van der Waals surface area (Å²) in [6.45, 7) is 4.55. The molecule has 0 radical (unpaired) electrons. The van der Waals surface area contributed by atoms with Gasteiger partial charge in [0.2, 0.25) is 21.8 Å². The van der Waals surface area contributed by atoms with E-state index in [4.69, 9.17) is 0 Å². The predicted molar refractivity (Wildman–Crippen MR) is 94.0 cm³/mol. The van der Waals surface area contributed by atoms with E-state index in [1.54, 1.807) is 11.0 Å². The molecule has 0 unspecified atom stereocenters. The number of hydrogen-bond donors (Lipinski definition) is 0. The predicted octanol–water partition coefficient (Wildman–Crippen LogP) is 0.785. The number of amides is 2. The van der Waals surface area contributed by atoms with Crippen molar-refractivity contribution in [1.29, 1.82) is 0 Å². The van der Waals surface area contributed by atoms with Gasteiger partial charge in [0.25, 0.3) is 0 Å². The summed E-state index contributed by atoms with van der Waals surface area (Å²) >= 11 is 0. The van der Waals surface area contributed by atoms with Gasteiger partial charge in [0, 0.05) is 6.54 Å². The van der Waals surface area contributed by atoms with E-state index < -0.39 is 27.9 Å². The minimum atomic E-state index is -3.67. The van der Waals surface area contributed by atoms with Gasteiger partial charge in [-0.1, -0.05) is 19.8 Å². The van der Waals surface area contributed by atoms with Crippen LogP contribution in [0.3, 0.4) is 0 Å². The van der Waals surface area contributed by atoms with Crippen molar-refractivity contribution >= 4 is 21.8 Å². The quantitative estimate of drug-likeness (QED) is 0.716. The summed E-state index contributed by atoms with van der Waals surface area (Å²) in [4.78, 5) is 29.4. The lowest BCUT2D eigenvalue weighted by Gasteiger charge is -2.31. The maximum Gasteiger partial charge on any atom is 0.246 e. The van der Waals surface area contributed by atoms with Gasteiger partial charge >= 0.3 is 0 Å². The molecule has 0 saturated carbocycles. The summed E-state index contributed by atoms with van der Waals surface area (Å²) in [6.07, 6.45) is 7.56. The van der Waals surface area contributed by atoms with Crippen LogP contribution in [-0.2, 0) is 19.6 Å². The Kier molecular flexibility index (Phi) is 5.20. The number of hydrogen-bond acceptors (Lipinski definition) is 5. The average molecular weight is 369 g/mol. The SMILES string of the molecule is CCC[C@H]1C(=O)N(S(C)(=O)=O)C2=CCN(C(=O)CN3CCCCC3)[C@@H]21. The zero-order chi connectivity index (χ0) is 18.2. The first kappa shape index (κ1) is 18.4. The molecular weight excluding hydrogens is 342 g/mol. The standard InChI is InChI=1S/C17H27N3O4S/c1-3-7-13-16-14(20(17(13)22)25(2,23)24)8-11-19(16)15(21)12-18-9-5-4-6-10-18/h8,13,16H,3-7,9-12H2,1-2H3/t13-,16-/m1/s1. The molecule has 140 valence electrons. The fraction of sp³-hybridized carbons (Fsp3) is 0.765. The van der Waals surface area contributed by atoms with E-state index in [0.29, 0.717) is 25.2 Å². The average Bonchev–Trinajstić information content (AvgIpc) is 3.07. The molecule has 0 aliphatic carbocycles. The topological polar surface area (TPSA) is 78.0 Å². The third-order valence-electron chi connectivity index (χ3n) is 5.33. The molecular formula is C17H27N3O4S. The maximum absolute atomic E-state index is 12.8. The first-order valence-corrected chi connectivity index (χ1v) is 11.0. The monoisotopic (exact) mass is 369 g/mol. The molecule has 3 aliphatic rings. The summed E-state index contributed by atoms with van der Waals surface area (Å²) in [6, 6.07) is -0.431. The molecule has 2 saturated heterocycles. The van der Waals surface area contributed by atoms with E-state index in [1.807, 2.05) is 6.92 Å². The lowest BCUT2D eigenvalue weighted by Crippen LogP contribution is -2.46. The van der Waals surface area contributed by atoms with E-state index in [9.17, 15) is 18.0 Å². The zero-order valence-electron chi connectivity index (χ0n) is 15.0. The van der Waals surface area contributed by atoms with Crippen molar-refractivity contribution in [3.8, 4) is 0 Å². The third-order valence-corrected chi connectivity index (χ3v) is 6.38. The molecule has 0 N–H and O–H groups in total. The summed E-state index contributed by atoms with van der Waals surface area (Å²) in [5.74, 6) is -0.864. The van der Waals surface area contributed by atoms with Crippen molar-refractivity contribution in [3.05, 3.63) is 11.8 Å². The van der Waals surface area contributed by atoms with Crippen LogP contribution in [-0.4, -0.2) is 72.8 Å². The number of rotatable bonds is 5. The van der Waals surface area contributed by atoms with Gasteiger partial charge in [-0.3, -0.25) is 14.5 Å². The number of sulfonamides is 1. The molecule has 0 aromatic heterocycles. The van der Waals surface area contributed by atoms with Crippen molar-refractivity contribution in [1.82, 2.24) is 14.1 Å². The fourth-order valence-electron chi connectivity index (χ4n) is 4.23. The second-order valence-electron chi connectivity index (χ2n) is 7.22. The van der Waals surface area contributed by atoms with Crippen molar-refractivity contribution in [2.45, 2.75) is 45.1 Å². The maximum atomic E-state index is 12.8. The molecule has 25 heavy (non-hydrogen) atoms. The molecule has 0 aromatic carbocycles. The van der Waals surface area contributed by atoms with Crippen LogP contribution in [0.5, 0.6) is 0 Å². The van der Waals surface area contributed by atoms with Crippen LogP contribution in [0.15, 0.2) is 11.8 Å². The molecule has 3 aliphatic heterocycles. The van der Waals surface area contributed by atoms with Crippen LogP contribution in [0.25, 0.3) is 0 Å². The summed E-state index contributed by atoms with van der Waals surface area (Å²) < 4.78 is 25.1. The Labute approximate surface area is 149 Å². The minimum absolute atomic E-state index is 0.0117. The third kappa shape index (κ3) is 3.46. The normalized spacial score (nSPS) is 27.6. The van der Waals surface area contributed by atoms with E-state index in [1.165, 1.54) is 6.42 Å². The highest BCUT2D eigenvalue weighted by Gasteiger charge is 2.53. The highest BCUT2D eigenvalue weighted by Crippen LogP contribution is 2.40. The molecule has 3 rings (SSSR count). The van der Waals surface area contributed by atoms with Gasteiger partial charge in [-0.05, 0) is 38.4 Å². The van der Waals surface area contributed by atoms with Crippen LogP contribution >= 0.6 is 0 Å². The Balaban J connectivity index is 1.80. The van der Waals surface area contributed by atoms with Gasteiger partial charge in [0.05, 0.1) is 30.5 Å². The van der Waals surface area contributed by atoms with Gasteiger partial charge in [-0.2, -0.15) is 0 Å². The summed E-state index contributed by atoms with van der Waals surface area (Å²) in [5, 5.41) is 0. The highest BCUT2D eigenvalue weighted by atomic mass is 32.2. The molecule has 2 atom stereocenters. The number of likely N-dealkylation sites (tertiary alicyclic amines) is 1. The van der Waals surface area contributed by atoms with Crippen LogP contribution in [0.1, 0.15) is 39.0 Å². The Morgan fingerprint density at radius 1 is 1.24 bits per heavy atom. The Morgan fingerprint density at radius 3 is 2.52 bits per heavy atom. The van der Waals surface area contributed by atoms with Gasteiger partial charge in [-0.15, -0.1) is 0 Å². The van der Waals surface area contributed by atoms with Crippen molar-refractivity contribution < 1.29 is 18.0 Å². The van der Waals surface area contributed by atoms with E-state index in [-0.39, 0.29) is 5.91 Å². The van der Waals surface area contributed by atoms with E-state index >= 15 is 0 Å². The van der Waals surface area contributed by atoms with Gasteiger partial charge < -0.3 is 4.90 Å². The summed E-state index contributed by atoms with van der Waals surface area (Å²) in [5.41, 5.74) is 0.470. The molecule has 8 heteroatoms. The first-order chi connectivity index (χ1) is 11.8. The van der Waals surface area contributed by atoms with Gasteiger partial charge in [-0.25, -0.2) is 12.7 Å². The zero-order valence-corrected chi connectivity index (χ0v) is 15.8. The first-order valence-electron chi connectivity index (χ1n) is 9.10. The Bertz CT molecular complexity index is 682. The molecule has 2 fully saturated rings. The summed E-state index contributed by atoms with van der Waals surface area (Å²) in [7, 11) is -3.67. The van der Waals surface area contributed by atoms with Crippen LogP contribution in [0.4, 0.5) is 0 Å². The van der Waals surface area contributed by atoms with Gasteiger partial charge in [0.15, 0.2) is 0 Å². The highest BCUT2D eigenvalue weighted by molar-refractivity contribution is 7.89. The smallest absolute Gasteiger partial charge is 0.246 e. The lowest BCUT2D eigenvalue weighted by atomic mass is 9.96. The van der Waals surface area contributed by atoms with E-state index in [0.717, 1.165) is 42.9 Å². The molecule has 7 nitrogen and oxygen atoms in total. The number of nitrogens with zero attached hydrogens (tertiary/aromatic N) is 3. The molecule has 0 spiro atoms. The molecule has 0 aromatic rings. The lowest BCUT2D eigenvalue weighted by molar-refractivity contribution is -0.135. The molecule has 2 amide bonds.